The highest BCUT2D eigenvalue weighted by Crippen LogP contribution is 2.37. The van der Waals surface area contributed by atoms with Crippen LogP contribution in [-0.4, -0.2) is 25.5 Å². The lowest BCUT2D eigenvalue weighted by molar-refractivity contribution is 0.0733. The summed E-state index contributed by atoms with van der Waals surface area (Å²) in [7, 11) is 0. The number of hydrogen-bond acceptors (Lipinski definition) is 4. The first-order valence-corrected chi connectivity index (χ1v) is 14.4. The highest BCUT2D eigenvalue weighted by atomic mass is 79.9. The molecule has 214 valence electrons. The molecule has 0 radical (unpaired) electrons. The monoisotopic (exact) mass is 634 g/mol. The van der Waals surface area contributed by atoms with Crippen molar-refractivity contribution in [2.45, 2.75) is 19.8 Å². The molecule has 2 heterocycles. The van der Waals surface area contributed by atoms with Crippen molar-refractivity contribution in [2.75, 3.05) is 0 Å². The van der Waals surface area contributed by atoms with Crippen LogP contribution in [-0.2, 0) is 0 Å². The number of aromatic amines is 2. The lowest BCUT2D eigenvalue weighted by atomic mass is 9.84. The number of rotatable bonds is 7. The van der Waals surface area contributed by atoms with Gasteiger partial charge in [0.1, 0.15) is 5.75 Å². The normalized spacial score (nSPS) is 11.2. The Morgan fingerprint density at radius 3 is 1.65 bits per heavy atom. The SMILES string of the molecule is Cc1[nH]n(-c2ccccc2)c(=O)c1C(c1ccccc1OC(=O)c1ccc(Br)cc1)c1c(C)[nH]n(-c2ccccc2)c1=O. The molecule has 9 heteroatoms. The van der Waals surface area contributed by atoms with Gasteiger partial charge in [-0.25, -0.2) is 14.2 Å². The van der Waals surface area contributed by atoms with Crippen LogP contribution >= 0.6 is 15.9 Å². The molecule has 2 N–H and O–H groups in total. The maximum Gasteiger partial charge on any atom is 0.343 e. The van der Waals surface area contributed by atoms with Crippen LogP contribution in [0.3, 0.4) is 0 Å². The summed E-state index contributed by atoms with van der Waals surface area (Å²) in [5, 5.41) is 6.38. The summed E-state index contributed by atoms with van der Waals surface area (Å²) in [6.07, 6.45) is 0. The number of para-hydroxylation sites is 3. The van der Waals surface area contributed by atoms with Crippen molar-refractivity contribution >= 4 is 21.9 Å². The second kappa shape index (κ2) is 11.6. The van der Waals surface area contributed by atoms with Gasteiger partial charge in [0.05, 0.1) is 34.0 Å². The summed E-state index contributed by atoms with van der Waals surface area (Å²) in [6, 6.07) is 32.3. The van der Waals surface area contributed by atoms with Crippen LogP contribution in [0.5, 0.6) is 5.75 Å². The van der Waals surface area contributed by atoms with Gasteiger partial charge in [0, 0.05) is 21.4 Å². The number of halogens is 1. The van der Waals surface area contributed by atoms with E-state index in [1.54, 1.807) is 62.4 Å². The smallest absolute Gasteiger partial charge is 0.343 e. The van der Waals surface area contributed by atoms with E-state index in [-0.39, 0.29) is 16.9 Å². The minimum atomic E-state index is -0.864. The minimum Gasteiger partial charge on any atom is -0.423 e. The second-order valence-corrected chi connectivity index (χ2v) is 11.0. The van der Waals surface area contributed by atoms with Gasteiger partial charge in [0.15, 0.2) is 0 Å². The highest BCUT2D eigenvalue weighted by molar-refractivity contribution is 9.10. The summed E-state index contributed by atoms with van der Waals surface area (Å²) < 4.78 is 9.71. The molecule has 4 aromatic carbocycles. The topological polar surface area (TPSA) is 102 Å². The van der Waals surface area contributed by atoms with Crippen LogP contribution in [0, 0.1) is 13.8 Å². The summed E-state index contributed by atoms with van der Waals surface area (Å²) >= 11 is 3.39. The zero-order chi connectivity index (χ0) is 30.1. The molecule has 0 unspecified atom stereocenters. The molecule has 0 saturated carbocycles. The Balaban J connectivity index is 1.57. The Kier molecular flexibility index (Phi) is 7.56. The van der Waals surface area contributed by atoms with E-state index >= 15 is 0 Å². The summed E-state index contributed by atoms with van der Waals surface area (Å²) in [5.74, 6) is -1.17. The number of aryl methyl sites for hydroxylation is 2. The van der Waals surface area contributed by atoms with E-state index in [2.05, 4.69) is 26.1 Å². The highest BCUT2D eigenvalue weighted by Gasteiger charge is 2.33. The van der Waals surface area contributed by atoms with Crippen molar-refractivity contribution in [3.8, 4) is 17.1 Å². The fraction of sp³-hybridized carbons (Fsp3) is 0.0882. The number of aromatic nitrogens is 4. The van der Waals surface area contributed by atoms with Crippen molar-refractivity contribution in [3.05, 3.63) is 168 Å². The molecule has 0 fully saturated rings. The molecule has 6 aromatic rings. The maximum absolute atomic E-state index is 14.2. The number of carbonyl (C=O) groups is 1. The molecule has 0 aliphatic carbocycles. The number of H-pyrrole nitrogens is 2. The van der Waals surface area contributed by atoms with Crippen molar-refractivity contribution in [2.24, 2.45) is 0 Å². The van der Waals surface area contributed by atoms with Crippen molar-refractivity contribution in [1.29, 1.82) is 0 Å². The number of nitrogens with one attached hydrogen (secondary N) is 2. The van der Waals surface area contributed by atoms with Gasteiger partial charge < -0.3 is 4.74 Å². The van der Waals surface area contributed by atoms with E-state index < -0.39 is 11.9 Å². The largest absolute Gasteiger partial charge is 0.423 e. The van der Waals surface area contributed by atoms with Gasteiger partial charge in [-0.3, -0.25) is 19.8 Å². The van der Waals surface area contributed by atoms with E-state index in [1.807, 2.05) is 60.7 Å². The molecule has 0 amide bonds. The summed E-state index contributed by atoms with van der Waals surface area (Å²) in [4.78, 5) is 41.6. The lowest BCUT2D eigenvalue weighted by Crippen LogP contribution is -2.26. The van der Waals surface area contributed by atoms with Gasteiger partial charge in [0.2, 0.25) is 0 Å². The van der Waals surface area contributed by atoms with Crippen molar-refractivity contribution < 1.29 is 9.53 Å². The third-order valence-electron chi connectivity index (χ3n) is 7.35. The predicted octanol–water partition coefficient (Wildman–Crippen LogP) is 6.42. The first-order chi connectivity index (χ1) is 20.8. The molecule has 6 rings (SSSR count). The molecule has 0 aliphatic rings. The van der Waals surface area contributed by atoms with Crippen LogP contribution in [0.4, 0.5) is 0 Å². The van der Waals surface area contributed by atoms with Gasteiger partial charge in [-0.15, -0.1) is 0 Å². The van der Waals surface area contributed by atoms with Gasteiger partial charge in [0.25, 0.3) is 11.1 Å². The predicted molar refractivity (Wildman–Crippen MR) is 169 cm³/mol. The van der Waals surface area contributed by atoms with Gasteiger partial charge in [-0.2, -0.15) is 0 Å². The van der Waals surface area contributed by atoms with E-state index in [1.165, 1.54) is 9.36 Å². The van der Waals surface area contributed by atoms with Crippen LogP contribution in [0.1, 0.15) is 44.4 Å². The fourth-order valence-corrected chi connectivity index (χ4v) is 5.59. The summed E-state index contributed by atoms with van der Waals surface area (Å²) in [6.45, 7) is 3.61. The number of nitrogens with zero attached hydrogens (tertiary/aromatic N) is 2. The quantitative estimate of drug-likeness (QED) is 0.156. The minimum absolute atomic E-state index is 0.248. The molecular weight excluding hydrogens is 608 g/mol. The van der Waals surface area contributed by atoms with Gasteiger partial charge >= 0.3 is 5.97 Å². The van der Waals surface area contributed by atoms with Gasteiger partial charge in [-0.1, -0.05) is 70.5 Å². The Morgan fingerprint density at radius 1 is 0.674 bits per heavy atom. The average Bonchev–Trinajstić information content (AvgIpc) is 3.49. The molecule has 2 aromatic heterocycles. The zero-order valence-corrected chi connectivity index (χ0v) is 25.0. The Labute approximate surface area is 255 Å². The molecule has 0 saturated heterocycles. The third kappa shape index (κ3) is 5.30. The second-order valence-electron chi connectivity index (χ2n) is 10.1. The van der Waals surface area contributed by atoms with Crippen LogP contribution in [0.15, 0.2) is 123 Å². The fourth-order valence-electron chi connectivity index (χ4n) is 5.33. The number of ether oxygens (including phenoxy) is 1. The Bertz CT molecular complexity index is 1940. The first kappa shape index (κ1) is 28.0. The molecule has 0 aliphatic heterocycles. The van der Waals surface area contributed by atoms with E-state index in [0.717, 1.165) is 4.47 Å². The van der Waals surface area contributed by atoms with E-state index in [4.69, 9.17) is 4.74 Å². The molecule has 8 nitrogen and oxygen atoms in total. The molecular formula is C34H27BrN4O4. The van der Waals surface area contributed by atoms with Crippen LogP contribution in [0.25, 0.3) is 11.4 Å². The number of benzene rings is 4. The standard InChI is InChI=1S/C34H27BrN4O4/c1-21-29(32(40)38(36-21)25-11-5-3-6-12-25)31(30-22(2)37-39(33(30)41)26-13-7-4-8-14-26)27-15-9-10-16-28(27)43-34(42)23-17-19-24(35)20-18-23/h3-20,31,36-37H,1-2H3. The number of esters is 1. The van der Waals surface area contributed by atoms with Crippen molar-refractivity contribution in [1.82, 2.24) is 19.6 Å². The Morgan fingerprint density at radius 2 is 1.14 bits per heavy atom. The van der Waals surface area contributed by atoms with Crippen LogP contribution in [0.2, 0.25) is 0 Å². The molecule has 43 heavy (non-hydrogen) atoms. The van der Waals surface area contributed by atoms with Crippen molar-refractivity contribution in [3.63, 3.8) is 0 Å². The molecule has 0 atom stereocenters. The average molecular weight is 636 g/mol. The van der Waals surface area contributed by atoms with Crippen LogP contribution < -0.4 is 15.9 Å². The molecule has 0 bridgehead atoms. The van der Waals surface area contributed by atoms with Gasteiger partial charge in [-0.05, 0) is 68.4 Å². The van der Waals surface area contributed by atoms with E-state index in [0.29, 0.717) is 45.0 Å². The summed E-state index contributed by atoms with van der Waals surface area (Å²) in [5.41, 5.74) is 3.47. The maximum atomic E-state index is 14.2. The molecule has 0 spiro atoms. The lowest BCUT2D eigenvalue weighted by Gasteiger charge is -2.19. The Hall–Kier alpha value is -5.15. The third-order valence-corrected chi connectivity index (χ3v) is 7.88. The first-order valence-electron chi connectivity index (χ1n) is 13.6. The zero-order valence-electron chi connectivity index (χ0n) is 23.4. The number of hydrogen-bond donors (Lipinski definition) is 2. The number of carbonyl (C=O) groups excluding carboxylic acids is 1. The van der Waals surface area contributed by atoms with E-state index in [9.17, 15) is 14.4 Å².